The van der Waals surface area contributed by atoms with Gasteiger partial charge in [0.1, 0.15) is 6.10 Å². The number of aliphatic hydroxyl groups excluding tert-OH is 1. The van der Waals surface area contributed by atoms with Crippen LogP contribution in [0.5, 0.6) is 0 Å². The Morgan fingerprint density at radius 2 is 2.00 bits per heavy atom. The van der Waals surface area contributed by atoms with E-state index in [1.54, 1.807) is 12.1 Å². The topological polar surface area (TPSA) is 46.5 Å². The number of benzene rings is 1. The van der Waals surface area contributed by atoms with Crippen LogP contribution < -0.4 is 0 Å². The van der Waals surface area contributed by atoms with Gasteiger partial charge in [-0.3, -0.25) is 0 Å². The number of rotatable bonds is 7. The van der Waals surface area contributed by atoms with Gasteiger partial charge in [-0.1, -0.05) is 36.4 Å². The van der Waals surface area contributed by atoms with Crippen molar-refractivity contribution in [2.75, 3.05) is 6.61 Å². The standard InChI is InChI=1S/C16H20O3/c1-14(10-6-3-2-4-9-13-17)19-16(18)15-11-7-5-8-12-15/h2,4-8,10-12,14,17H,3,9,13H2,1H3/b4-2-,10-6-. The lowest BCUT2D eigenvalue weighted by molar-refractivity contribution is 0.0424. The van der Waals surface area contributed by atoms with E-state index in [-0.39, 0.29) is 18.7 Å². The minimum atomic E-state index is -0.312. The zero-order chi connectivity index (χ0) is 13.9. The van der Waals surface area contributed by atoms with Crippen LogP contribution in [0.25, 0.3) is 0 Å². The van der Waals surface area contributed by atoms with E-state index in [4.69, 9.17) is 9.84 Å². The van der Waals surface area contributed by atoms with Gasteiger partial charge in [-0.15, -0.1) is 0 Å². The molecule has 0 aromatic heterocycles. The molecule has 1 rings (SSSR count). The van der Waals surface area contributed by atoms with Crippen LogP contribution in [0.1, 0.15) is 30.1 Å². The van der Waals surface area contributed by atoms with Crippen LogP contribution in [0.15, 0.2) is 54.6 Å². The second-order valence-corrected chi connectivity index (χ2v) is 4.12. The zero-order valence-electron chi connectivity index (χ0n) is 11.2. The van der Waals surface area contributed by atoms with E-state index >= 15 is 0 Å². The van der Waals surface area contributed by atoms with Crippen molar-refractivity contribution in [3.8, 4) is 0 Å². The summed E-state index contributed by atoms with van der Waals surface area (Å²) in [5.74, 6) is -0.312. The molecular formula is C16H20O3. The molecule has 102 valence electrons. The molecule has 0 radical (unpaired) electrons. The van der Waals surface area contributed by atoms with E-state index in [9.17, 15) is 4.79 Å². The molecule has 0 aliphatic carbocycles. The molecule has 3 heteroatoms. The van der Waals surface area contributed by atoms with Gasteiger partial charge in [0, 0.05) is 6.61 Å². The SMILES string of the molecule is CC(/C=C\C/C=C\CCO)OC(=O)c1ccccc1. The van der Waals surface area contributed by atoms with E-state index < -0.39 is 0 Å². The molecule has 0 heterocycles. The lowest BCUT2D eigenvalue weighted by atomic mass is 10.2. The second kappa shape index (κ2) is 9.11. The number of hydrogen-bond acceptors (Lipinski definition) is 3. The lowest BCUT2D eigenvalue weighted by Crippen LogP contribution is -2.12. The molecule has 3 nitrogen and oxygen atoms in total. The van der Waals surface area contributed by atoms with E-state index in [2.05, 4.69) is 0 Å². The predicted octanol–water partition coefficient (Wildman–Crippen LogP) is 3.12. The van der Waals surface area contributed by atoms with E-state index in [1.807, 2.05) is 49.4 Å². The van der Waals surface area contributed by atoms with Crippen molar-refractivity contribution in [3.05, 3.63) is 60.2 Å². The summed E-state index contributed by atoms with van der Waals surface area (Å²) in [5.41, 5.74) is 0.561. The molecule has 0 saturated carbocycles. The van der Waals surface area contributed by atoms with Crippen LogP contribution in [-0.4, -0.2) is 23.8 Å². The maximum absolute atomic E-state index is 11.7. The molecule has 0 amide bonds. The molecule has 0 aliphatic heterocycles. The number of aliphatic hydroxyl groups is 1. The monoisotopic (exact) mass is 260 g/mol. The number of hydrogen-bond donors (Lipinski definition) is 1. The summed E-state index contributed by atoms with van der Waals surface area (Å²) >= 11 is 0. The summed E-state index contributed by atoms with van der Waals surface area (Å²) in [6.45, 7) is 2.00. The normalized spacial score (nSPS) is 12.9. The minimum absolute atomic E-state index is 0.172. The summed E-state index contributed by atoms with van der Waals surface area (Å²) in [7, 11) is 0. The van der Waals surface area contributed by atoms with E-state index in [0.717, 1.165) is 6.42 Å². The van der Waals surface area contributed by atoms with Crippen molar-refractivity contribution >= 4 is 5.97 Å². The fraction of sp³-hybridized carbons (Fsp3) is 0.312. The van der Waals surface area contributed by atoms with Crippen molar-refractivity contribution in [1.29, 1.82) is 0 Å². The molecule has 1 aromatic carbocycles. The summed E-state index contributed by atoms with van der Waals surface area (Å²) in [6.07, 6.45) is 8.88. The zero-order valence-corrected chi connectivity index (χ0v) is 11.2. The van der Waals surface area contributed by atoms with Gasteiger partial charge >= 0.3 is 5.97 Å². The first-order valence-corrected chi connectivity index (χ1v) is 6.42. The molecule has 0 bridgehead atoms. The third-order valence-electron chi connectivity index (χ3n) is 2.44. The predicted molar refractivity (Wildman–Crippen MR) is 75.9 cm³/mol. The van der Waals surface area contributed by atoms with Crippen LogP contribution in [0.2, 0.25) is 0 Å². The largest absolute Gasteiger partial charge is 0.455 e. The molecule has 0 fully saturated rings. The van der Waals surface area contributed by atoms with Crippen molar-refractivity contribution in [2.24, 2.45) is 0 Å². The molecule has 0 saturated heterocycles. The van der Waals surface area contributed by atoms with Gasteiger partial charge in [0.15, 0.2) is 0 Å². The van der Waals surface area contributed by atoms with Crippen molar-refractivity contribution in [3.63, 3.8) is 0 Å². The highest BCUT2D eigenvalue weighted by Crippen LogP contribution is 2.05. The Morgan fingerprint density at radius 3 is 2.68 bits per heavy atom. The molecule has 1 aromatic rings. The van der Waals surface area contributed by atoms with Gasteiger partial charge in [0.05, 0.1) is 5.56 Å². The van der Waals surface area contributed by atoms with Crippen LogP contribution in [0.3, 0.4) is 0 Å². The summed E-state index contributed by atoms with van der Waals surface area (Å²) in [4.78, 5) is 11.7. The molecule has 1 N–H and O–H groups in total. The van der Waals surface area contributed by atoms with Gasteiger partial charge in [-0.05, 0) is 38.0 Å². The van der Waals surface area contributed by atoms with Gasteiger partial charge in [0.2, 0.25) is 0 Å². The van der Waals surface area contributed by atoms with Crippen LogP contribution in [0, 0.1) is 0 Å². The fourth-order valence-electron chi connectivity index (χ4n) is 1.49. The third kappa shape index (κ3) is 6.58. The van der Waals surface area contributed by atoms with Gasteiger partial charge in [-0.25, -0.2) is 4.79 Å². The highest BCUT2D eigenvalue weighted by molar-refractivity contribution is 5.89. The van der Waals surface area contributed by atoms with Crippen LogP contribution >= 0.6 is 0 Å². The average Bonchev–Trinajstić information content (AvgIpc) is 2.43. The number of ether oxygens (including phenoxy) is 1. The van der Waals surface area contributed by atoms with E-state index in [1.165, 1.54) is 0 Å². The first-order chi connectivity index (χ1) is 9.24. The van der Waals surface area contributed by atoms with Crippen LogP contribution in [-0.2, 0) is 4.74 Å². The van der Waals surface area contributed by atoms with Crippen molar-refractivity contribution in [1.82, 2.24) is 0 Å². The molecule has 1 unspecified atom stereocenters. The summed E-state index contributed by atoms with van der Waals surface area (Å²) < 4.78 is 5.27. The van der Waals surface area contributed by atoms with Gasteiger partial charge < -0.3 is 9.84 Å². The first kappa shape index (κ1) is 15.2. The van der Waals surface area contributed by atoms with Crippen molar-refractivity contribution in [2.45, 2.75) is 25.9 Å². The maximum atomic E-state index is 11.7. The Hall–Kier alpha value is -1.87. The second-order valence-electron chi connectivity index (χ2n) is 4.12. The molecule has 0 spiro atoms. The quantitative estimate of drug-likeness (QED) is 0.605. The Bertz CT molecular complexity index is 421. The number of carbonyl (C=O) groups excluding carboxylic acids is 1. The first-order valence-electron chi connectivity index (χ1n) is 6.42. The third-order valence-corrected chi connectivity index (χ3v) is 2.44. The summed E-state index contributed by atoms with van der Waals surface area (Å²) in [6, 6.07) is 8.94. The molecular weight excluding hydrogens is 240 g/mol. The average molecular weight is 260 g/mol. The van der Waals surface area contributed by atoms with Gasteiger partial charge in [-0.2, -0.15) is 0 Å². The Morgan fingerprint density at radius 1 is 1.26 bits per heavy atom. The number of carbonyl (C=O) groups is 1. The molecule has 1 atom stereocenters. The van der Waals surface area contributed by atoms with Crippen molar-refractivity contribution < 1.29 is 14.6 Å². The lowest BCUT2D eigenvalue weighted by Gasteiger charge is -2.08. The Kier molecular flexibility index (Phi) is 7.28. The number of allylic oxidation sites excluding steroid dienone is 2. The summed E-state index contributed by atoms with van der Waals surface area (Å²) in [5, 5.41) is 8.59. The van der Waals surface area contributed by atoms with Gasteiger partial charge in [0.25, 0.3) is 0 Å². The molecule has 19 heavy (non-hydrogen) atoms. The Labute approximate surface area is 114 Å². The van der Waals surface area contributed by atoms with E-state index in [0.29, 0.717) is 12.0 Å². The smallest absolute Gasteiger partial charge is 0.338 e. The maximum Gasteiger partial charge on any atom is 0.338 e. The number of esters is 1. The highest BCUT2D eigenvalue weighted by atomic mass is 16.5. The molecule has 0 aliphatic rings. The minimum Gasteiger partial charge on any atom is -0.455 e. The highest BCUT2D eigenvalue weighted by Gasteiger charge is 2.08. The van der Waals surface area contributed by atoms with Crippen LogP contribution in [0.4, 0.5) is 0 Å². The fourth-order valence-corrected chi connectivity index (χ4v) is 1.49. The Balaban J connectivity index is 2.33.